The van der Waals surface area contributed by atoms with Crippen molar-refractivity contribution in [1.29, 1.82) is 0 Å². The number of hydrogen-bond donors (Lipinski definition) is 1. The van der Waals surface area contributed by atoms with E-state index in [1.165, 1.54) is 18.2 Å². The van der Waals surface area contributed by atoms with Crippen molar-refractivity contribution >= 4 is 23.2 Å². The van der Waals surface area contributed by atoms with Gasteiger partial charge in [-0.1, -0.05) is 23.2 Å². The predicted molar refractivity (Wildman–Crippen MR) is 70.2 cm³/mol. The zero-order valence-electron chi connectivity index (χ0n) is 9.71. The minimum atomic E-state index is -4.84. The van der Waals surface area contributed by atoms with Gasteiger partial charge in [0.1, 0.15) is 11.5 Å². The lowest BCUT2D eigenvalue weighted by Gasteiger charge is -2.12. The molecule has 0 amide bonds. The van der Waals surface area contributed by atoms with Gasteiger partial charge < -0.3 is 9.84 Å². The molecule has 0 unspecified atom stereocenters. The summed E-state index contributed by atoms with van der Waals surface area (Å²) in [5.74, 6) is -0.915. The Morgan fingerprint density at radius 2 is 1.70 bits per heavy atom. The molecule has 0 bridgehead atoms. The second-order valence-electron chi connectivity index (χ2n) is 3.89. The van der Waals surface area contributed by atoms with Crippen molar-refractivity contribution in [3.05, 3.63) is 46.4 Å². The molecule has 0 spiro atoms. The Hall–Kier alpha value is -1.59. The number of hydrogen-bond acceptors (Lipinski definition) is 2. The van der Waals surface area contributed by atoms with Gasteiger partial charge in [-0.2, -0.15) is 0 Å². The maximum Gasteiger partial charge on any atom is 0.573 e. The zero-order chi connectivity index (χ0) is 14.9. The molecule has 0 aromatic heterocycles. The lowest BCUT2D eigenvalue weighted by atomic mass is 10.1. The first-order chi connectivity index (χ1) is 9.24. The summed E-state index contributed by atoms with van der Waals surface area (Å²) in [7, 11) is 0. The molecular formula is C13H7Cl2F3O2. The van der Waals surface area contributed by atoms with Crippen molar-refractivity contribution in [2.45, 2.75) is 6.36 Å². The van der Waals surface area contributed by atoms with Gasteiger partial charge >= 0.3 is 6.36 Å². The molecule has 2 nitrogen and oxygen atoms in total. The van der Waals surface area contributed by atoms with Crippen molar-refractivity contribution in [3.63, 3.8) is 0 Å². The van der Waals surface area contributed by atoms with Crippen LogP contribution in [0.5, 0.6) is 11.5 Å². The normalized spacial score (nSPS) is 11.4. The second kappa shape index (κ2) is 5.42. The molecule has 0 heterocycles. The summed E-state index contributed by atoms with van der Waals surface area (Å²) >= 11 is 11.8. The molecule has 0 radical (unpaired) electrons. The molecule has 7 heteroatoms. The minimum Gasteiger partial charge on any atom is -0.508 e. The van der Waals surface area contributed by atoms with Crippen LogP contribution in [-0.4, -0.2) is 11.5 Å². The standard InChI is InChI=1S/C13H7Cl2F3O2/c14-8-1-2-12(15)11(5-8)7-3-9(19)6-10(4-7)20-13(16,17)18/h1-6,19H. The molecule has 2 rings (SSSR count). The second-order valence-corrected chi connectivity index (χ2v) is 4.73. The Kier molecular flexibility index (Phi) is 4.01. The number of phenolic OH excluding ortho intramolecular Hbond substituents is 1. The highest BCUT2D eigenvalue weighted by atomic mass is 35.5. The Morgan fingerprint density at radius 3 is 2.35 bits per heavy atom. The summed E-state index contributed by atoms with van der Waals surface area (Å²) in [5, 5.41) is 10.1. The topological polar surface area (TPSA) is 29.5 Å². The summed E-state index contributed by atoms with van der Waals surface area (Å²) in [6.07, 6.45) is -4.84. The lowest BCUT2D eigenvalue weighted by Crippen LogP contribution is -2.17. The quantitative estimate of drug-likeness (QED) is 0.816. The van der Waals surface area contributed by atoms with Crippen LogP contribution >= 0.6 is 23.2 Å². The first-order valence-corrected chi connectivity index (χ1v) is 6.05. The molecule has 0 aliphatic carbocycles. The third-order valence-electron chi connectivity index (χ3n) is 2.36. The Labute approximate surface area is 122 Å². The number of ether oxygens (including phenoxy) is 1. The fraction of sp³-hybridized carbons (Fsp3) is 0.0769. The van der Waals surface area contributed by atoms with E-state index in [4.69, 9.17) is 23.2 Å². The average molecular weight is 323 g/mol. The molecule has 0 saturated heterocycles. The molecule has 0 aliphatic rings. The summed E-state index contributed by atoms with van der Waals surface area (Å²) < 4.78 is 40.4. The minimum absolute atomic E-state index is 0.261. The number of alkyl halides is 3. The van der Waals surface area contributed by atoms with Crippen molar-refractivity contribution in [3.8, 4) is 22.6 Å². The van der Waals surface area contributed by atoms with E-state index in [1.54, 1.807) is 6.07 Å². The van der Waals surface area contributed by atoms with Gasteiger partial charge in [-0.25, -0.2) is 0 Å². The van der Waals surface area contributed by atoms with Gasteiger partial charge in [-0.3, -0.25) is 0 Å². The van der Waals surface area contributed by atoms with Gasteiger partial charge in [-0.15, -0.1) is 13.2 Å². The van der Waals surface area contributed by atoms with E-state index < -0.39 is 12.1 Å². The number of phenols is 1. The van der Waals surface area contributed by atoms with Crippen LogP contribution in [0, 0.1) is 0 Å². The molecule has 2 aromatic carbocycles. The third-order valence-corrected chi connectivity index (χ3v) is 2.93. The Bertz CT molecular complexity index is 642. The van der Waals surface area contributed by atoms with Crippen molar-refractivity contribution < 1.29 is 23.0 Å². The van der Waals surface area contributed by atoms with E-state index >= 15 is 0 Å². The van der Waals surface area contributed by atoms with Crippen LogP contribution in [0.3, 0.4) is 0 Å². The van der Waals surface area contributed by atoms with Crippen LogP contribution < -0.4 is 4.74 Å². The lowest BCUT2D eigenvalue weighted by molar-refractivity contribution is -0.274. The Morgan fingerprint density at radius 1 is 1.00 bits per heavy atom. The van der Waals surface area contributed by atoms with Crippen molar-refractivity contribution in [2.24, 2.45) is 0 Å². The maximum atomic E-state index is 12.2. The van der Waals surface area contributed by atoms with Crippen molar-refractivity contribution in [1.82, 2.24) is 0 Å². The predicted octanol–water partition coefficient (Wildman–Crippen LogP) is 5.26. The SMILES string of the molecule is Oc1cc(OC(F)(F)F)cc(-c2cc(Cl)ccc2Cl)c1. The molecule has 0 aliphatic heterocycles. The summed E-state index contributed by atoms with van der Waals surface area (Å²) in [4.78, 5) is 0. The van der Waals surface area contributed by atoms with Crippen LogP contribution in [-0.2, 0) is 0 Å². The molecule has 0 fully saturated rings. The van der Waals surface area contributed by atoms with E-state index in [9.17, 15) is 18.3 Å². The average Bonchev–Trinajstić information content (AvgIpc) is 2.29. The molecule has 106 valence electrons. The van der Waals surface area contributed by atoms with Crippen LogP contribution in [0.4, 0.5) is 13.2 Å². The Balaban J connectivity index is 2.49. The highest BCUT2D eigenvalue weighted by Crippen LogP contribution is 2.36. The maximum absolute atomic E-state index is 12.2. The molecule has 20 heavy (non-hydrogen) atoms. The number of aromatic hydroxyl groups is 1. The van der Waals surface area contributed by atoms with Gasteiger partial charge in [0.05, 0.1) is 0 Å². The summed E-state index contributed by atoms with van der Waals surface area (Å²) in [6, 6.07) is 7.77. The van der Waals surface area contributed by atoms with Gasteiger partial charge in [0.2, 0.25) is 0 Å². The largest absolute Gasteiger partial charge is 0.573 e. The van der Waals surface area contributed by atoms with E-state index in [-0.39, 0.29) is 16.3 Å². The van der Waals surface area contributed by atoms with Gasteiger partial charge in [0.25, 0.3) is 0 Å². The van der Waals surface area contributed by atoms with Gasteiger partial charge in [0.15, 0.2) is 0 Å². The van der Waals surface area contributed by atoms with Crippen molar-refractivity contribution in [2.75, 3.05) is 0 Å². The third kappa shape index (κ3) is 3.71. The molecule has 1 N–H and O–H groups in total. The first kappa shape index (κ1) is 14.8. The summed E-state index contributed by atoms with van der Waals surface area (Å²) in [5.41, 5.74) is 0.652. The fourth-order valence-electron chi connectivity index (χ4n) is 1.65. The zero-order valence-corrected chi connectivity index (χ0v) is 11.2. The molecule has 2 aromatic rings. The molecule has 0 atom stereocenters. The van der Waals surface area contributed by atoms with Crippen LogP contribution in [0.15, 0.2) is 36.4 Å². The van der Waals surface area contributed by atoms with Crippen LogP contribution in [0.2, 0.25) is 10.0 Å². The van der Waals surface area contributed by atoms with E-state index in [2.05, 4.69) is 4.74 Å². The van der Waals surface area contributed by atoms with E-state index in [0.29, 0.717) is 10.6 Å². The summed E-state index contributed by atoms with van der Waals surface area (Å²) in [6.45, 7) is 0. The highest BCUT2D eigenvalue weighted by Gasteiger charge is 2.31. The van der Waals surface area contributed by atoms with Crippen LogP contribution in [0.25, 0.3) is 11.1 Å². The monoisotopic (exact) mass is 322 g/mol. The molecular weight excluding hydrogens is 316 g/mol. The number of rotatable bonds is 2. The van der Waals surface area contributed by atoms with Gasteiger partial charge in [0, 0.05) is 21.7 Å². The van der Waals surface area contributed by atoms with Gasteiger partial charge in [-0.05, 0) is 35.9 Å². The van der Waals surface area contributed by atoms with Crippen LogP contribution in [0.1, 0.15) is 0 Å². The van der Waals surface area contributed by atoms with E-state index in [1.807, 2.05) is 0 Å². The molecule has 0 saturated carbocycles. The smallest absolute Gasteiger partial charge is 0.508 e. The number of halogens is 5. The fourth-order valence-corrected chi connectivity index (χ4v) is 2.05. The highest BCUT2D eigenvalue weighted by molar-refractivity contribution is 6.35. The number of benzene rings is 2. The first-order valence-electron chi connectivity index (χ1n) is 5.30. The van der Waals surface area contributed by atoms with E-state index in [0.717, 1.165) is 12.1 Å².